The lowest BCUT2D eigenvalue weighted by Crippen LogP contribution is -2.51. The van der Waals surface area contributed by atoms with E-state index in [1.54, 1.807) is 47.4 Å². The molecule has 1 saturated carbocycles. The number of nitrogens with one attached hydrogen (secondary N) is 1. The van der Waals surface area contributed by atoms with Crippen LogP contribution in [0, 0.1) is 0 Å². The molecule has 2 amide bonds. The van der Waals surface area contributed by atoms with Gasteiger partial charge in [-0.1, -0.05) is 55.5 Å². The van der Waals surface area contributed by atoms with Crippen LogP contribution in [0.1, 0.15) is 70.8 Å². The number of anilines is 1. The van der Waals surface area contributed by atoms with Gasteiger partial charge in [0.25, 0.3) is 0 Å². The molecule has 1 atom stereocenters. The van der Waals surface area contributed by atoms with Crippen molar-refractivity contribution in [1.29, 1.82) is 0 Å². The van der Waals surface area contributed by atoms with E-state index in [1.807, 2.05) is 13.8 Å². The van der Waals surface area contributed by atoms with Crippen molar-refractivity contribution >= 4 is 50.7 Å². The van der Waals surface area contributed by atoms with E-state index in [2.05, 4.69) is 5.32 Å². The molecule has 0 aromatic heterocycles. The minimum absolute atomic E-state index is 0.0670. The standard InChI is InChI=1S/C30H41Cl2N3O5S/c1-4-28(30(37)33-23-10-7-6-8-11-23)34(21-22-13-18-26(31)27(32)20-22)29(36)12-9-19-35(41(3,38)39)24-14-16-25(17-15-24)40-5-2/h13-18,20,23,28H,4-12,19,21H2,1-3H3,(H,33,37)/t28-/m1/s1. The molecule has 0 saturated heterocycles. The average Bonchev–Trinajstić information content (AvgIpc) is 2.93. The molecule has 0 aliphatic heterocycles. The van der Waals surface area contributed by atoms with E-state index < -0.39 is 16.1 Å². The molecule has 41 heavy (non-hydrogen) atoms. The highest BCUT2D eigenvalue weighted by molar-refractivity contribution is 7.92. The van der Waals surface area contributed by atoms with E-state index in [9.17, 15) is 18.0 Å². The van der Waals surface area contributed by atoms with E-state index in [4.69, 9.17) is 27.9 Å². The number of hydrogen-bond acceptors (Lipinski definition) is 5. The summed E-state index contributed by atoms with van der Waals surface area (Å²) in [6, 6.07) is 11.4. The summed E-state index contributed by atoms with van der Waals surface area (Å²) in [7, 11) is -3.59. The van der Waals surface area contributed by atoms with Crippen molar-refractivity contribution in [3.8, 4) is 5.75 Å². The van der Waals surface area contributed by atoms with Gasteiger partial charge in [0.2, 0.25) is 21.8 Å². The molecule has 0 heterocycles. The highest BCUT2D eigenvalue weighted by Gasteiger charge is 2.30. The average molecular weight is 627 g/mol. The fraction of sp³-hybridized carbons (Fsp3) is 0.533. The zero-order valence-corrected chi connectivity index (χ0v) is 26.4. The molecule has 0 radical (unpaired) electrons. The van der Waals surface area contributed by atoms with E-state index in [0.717, 1.165) is 37.5 Å². The Balaban J connectivity index is 1.76. The molecule has 1 N–H and O–H groups in total. The van der Waals surface area contributed by atoms with Crippen LogP contribution in [-0.4, -0.2) is 56.6 Å². The molecule has 0 spiro atoms. The van der Waals surface area contributed by atoms with Gasteiger partial charge in [-0.05, 0) is 74.6 Å². The summed E-state index contributed by atoms with van der Waals surface area (Å²) in [5.41, 5.74) is 1.25. The SMILES string of the molecule is CCOc1ccc(N(CCCC(=O)N(Cc2ccc(Cl)c(Cl)c2)[C@H](CC)C(=O)NC2CCCCC2)S(C)(=O)=O)cc1. The minimum atomic E-state index is -3.59. The number of ether oxygens (including phenoxy) is 1. The van der Waals surface area contributed by atoms with E-state index in [-0.39, 0.29) is 43.8 Å². The Kier molecular flexibility index (Phi) is 12.6. The third kappa shape index (κ3) is 9.79. The van der Waals surface area contributed by atoms with Crippen molar-refractivity contribution in [3.63, 3.8) is 0 Å². The van der Waals surface area contributed by atoms with Gasteiger partial charge in [-0.15, -0.1) is 0 Å². The van der Waals surface area contributed by atoms with E-state index in [1.165, 1.54) is 10.7 Å². The first-order valence-electron chi connectivity index (χ1n) is 14.3. The Morgan fingerprint density at radius 3 is 2.29 bits per heavy atom. The number of nitrogens with zero attached hydrogens (tertiary/aromatic N) is 2. The Morgan fingerprint density at radius 1 is 1.02 bits per heavy atom. The van der Waals surface area contributed by atoms with Gasteiger partial charge >= 0.3 is 0 Å². The van der Waals surface area contributed by atoms with Gasteiger partial charge in [0.1, 0.15) is 11.8 Å². The zero-order valence-electron chi connectivity index (χ0n) is 24.1. The third-order valence-electron chi connectivity index (χ3n) is 7.26. The lowest BCUT2D eigenvalue weighted by molar-refractivity contribution is -0.141. The Bertz CT molecular complexity index is 1270. The summed E-state index contributed by atoms with van der Waals surface area (Å²) in [6.07, 6.45) is 7.14. The number of hydrogen-bond donors (Lipinski definition) is 1. The summed E-state index contributed by atoms with van der Waals surface area (Å²) in [5, 5.41) is 3.94. The Hall–Kier alpha value is -2.49. The second-order valence-electron chi connectivity index (χ2n) is 10.4. The van der Waals surface area contributed by atoms with Crippen LogP contribution >= 0.6 is 23.2 Å². The quantitative estimate of drug-likeness (QED) is 0.270. The van der Waals surface area contributed by atoms with Crippen molar-refractivity contribution in [2.24, 2.45) is 0 Å². The smallest absolute Gasteiger partial charge is 0.243 e. The first kappa shape index (κ1) is 33.0. The Morgan fingerprint density at radius 2 is 1.71 bits per heavy atom. The first-order valence-corrected chi connectivity index (χ1v) is 16.9. The predicted molar refractivity (Wildman–Crippen MR) is 165 cm³/mol. The van der Waals surface area contributed by atoms with Crippen LogP contribution in [0.2, 0.25) is 10.0 Å². The molecule has 8 nitrogen and oxygen atoms in total. The maximum atomic E-state index is 13.7. The van der Waals surface area contributed by atoms with Crippen LogP contribution in [0.25, 0.3) is 0 Å². The molecule has 11 heteroatoms. The third-order valence-corrected chi connectivity index (χ3v) is 9.20. The van der Waals surface area contributed by atoms with Crippen molar-refractivity contribution in [2.45, 2.75) is 83.8 Å². The van der Waals surface area contributed by atoms with E-state index >= 15 is 0 Å². The van der Waals surface area contributed by atoms with Crippen molar-refractivity contribution in [2.75, 3.05) is 23.7 Å². The zero-order chi connectivity index (χ0) is 30.0. The number of halogens is 2. The first-order chi connectivity index (χ1) is 19.5. The van der Waals surface area contributed by atoms with Gasteiger partial charge in [0, 0.05) is 25.6 Å². The van der Waals surface area contributed by atoms with Gasteiger partial charge < -0.3 is 15.0 Å². The molecule has 1 aliphatic carbocycles. The maximum Gasteiger partial charge on any atom is 0.243 e. The monoisotopic (exact) mass is 625 g/mol. The predicted octanol–water partition coefficient (Wildman–Crippen LogP) is 6.19. The summed E-state index contributed by atoms with van der Waals surface area (Å²) in [4.78, 5) is 28.7. The molecule has 3 rings (SSSR count). The van der Waals surface area contributed by atoms with Crippen LogP contribution in [0.3, 0.4) is 0 Å². The number of rotatable bonds is 14. The summed E-state index contributed by atoms with van der Waals surface area (Å²) in [6.45, 7) is 4.57. The topological polar surface area (TPSA) is 96.0 Å². The normalized spacial score (nSPS) is 14.8. The molecule has 1 fully saturated rings. The summed E-state index contributed by atoms with van der Waals surface area (Å²) >= 11 is 12.3. The molecule has 1 aliphatic rings. The summed E-state index contributed by atoms with van der Waals surface area (Å²) < 4.78 is 32.0. The molecule has 2 aromatic carbocycles. The van der Waals surface area contributed by atoms with E-state index in [0.29, 0.717) is 34.5 Å². The minimum Gasteiger partial charge on any atom is -0.494 e. The highest BCUT2D eigenvalue weighted by Crippen LogP contribution is 2.26. The molecule has 0 bridgehead atoms. The van der Waals surface area contributed by atoms with Gasteiger partial charge in [-0.25, -0.2) is 8.42 Å². The number of benzene rings is 2. The molecule has 2 aromatic rings. The van der Waals surface area contributed by atoms with Crippen LogP contribution < -0.4 is 14.4 Å². The lowest BCUT2D eigenvalue weighted by Gasteiger charge is -2.33. The highest BCUT2D eigenvalue weighted by atomic mass is 35.5. The van der Waals surface area contributed by atoms with Crippen LogP contribution in [-0.2, 0) is 26.2 Å². The van der Waals surface area contributed by atoms with Crippen molar-refractivity contribution in [1.82, 2.24) is 10.2 Å². The second kappa shape index (κ2) is 15.7. The number of sulfonamides is 1. The van der Waals surface area contributed by atoms with Gasteiger partial charge in [-0.3, -0.25) is 13.9 Å². The number of carbonyl (C=O) groups is 2. The van der Waals surface area contributed by atoms with Gasteiger partial charge in [-0.2, -0.15) is 0 Å². The molecular weight excluding hydrogens is 585 g/mol. The lowest BCUT2D eigenvalue weighted by atomic mass is 9.95. The molecule has 0 unspecified atom stereocenters. The van der Waals surface area contributed by atoms with Gasteiger partial charge in [0.05, 0.1) is 28.6 Å². The van der Waals surface area contributed by atoms with Crippen LogP contribution in [0.5, 0.6) is 5.75 Å². The Labute approximate surface area is 254 Å². The maximum absolute atomic E-state index is 13.7. The van der Waals surface area contributed by atoms with Crippen molar-refractivity contribution in [3.05, 3.63) is 58.1 Å². The number of carbonyl (C=O) groups excluding carboxylic acids is 2. The van der Waals surface area contributed by atoms with Crippen LogP contribution in [0.4, 0.5) is 5.69 Å². The summed E-state index contributed by atoms with van der Waals surface area (Å²) in [5.74, 6) is 0.247. The second-order valence-corrected chi connectivity index (χ2v) is 13.1. The molecular formula is C30H41Cl2N3O5S. The fourth-order valence-corrected chi connectivity index (χ4v) is 6.46. The van der Waals surface area contributed by atoms with Crippen molar-refractivity contribution < 1.29 is 22.7 Å². The number of amides is 2. The largest absolute Gasteiger partial charge is 0.494 e. The van der Waals surface area contributed by atoms with Crippen LogP contribution in [0.15, 0.2) is 42.5 Å². The van der Waals surface area contributed by atoms with Gasteiger partial charge in [0.15, 0.2) is 0 Å². The fourth-order valence-electron chi connectivity index (χ4n) is 5.18. The molecule has 226 valence electrons.